The maximum atomic E-state index is 13.3. The molecule has 1 unspecified atom stereocenters. The summed E-state index contributed by atoms with van der Waals surface area (Å²) < 4.78 is 51.5. The van der Waals surface area contributed by atoms with Gasteiger partial charge in [-0.3, -0.25) is 4.79 Å². The Labute approximate surface area is 138 Å². The first-order valence-corrected chi connectivity index (χ1v) is 7.13. The fourth-order valence-electron chi connectivity index (χ4n) is 2.76. The summed E-state index contributed by atoms with van der Waals surface area (Å²) in [4.78, 5) is 13.9. The third kappa shape index (κ3) is 4.81. The van der Waals surface area contributed by atoms with Crippen molar-refractivity contribution in [3.05, 3.63) is 35.1 Å². The van der Waals surface area contributed by atoms with Gasteiger partial charge >= 0.3 is 6.18 Å². The van der Waals surface area contributed by atoms with Crippen molar-refractivity contribution in [2.45, 2.75) is 19.0 Å². The Bertz CT molecular complexity index is 549. The number of nitrogens with one attached hydrogen (secondary N) is 1. The van der Waals surface area contributed by atoms with Crippen molar-refractivity contribution in [2.75, 3.05) is 26.7 Å². The third-order valence-corrected chi connectivity index (χ3v) is 3.82. The van der Waals surface area contributed by atoms with E-state index in [0.29, 0.717) is 25.2 Å². The van der Waals surface area contributed by atoms with E-state index in [1.165, 1.54) is 0 Å². The van der Waals surface area contributed by atoms with Crippen LogP contribution in [0.3, 0.4) is 0 Å². The topological polar surface area (TPSA) is 32.3 Å². The second-order valence-electron chi connectivity index (χ2n) is 5.51. The predicted molar refractivity (Wildman–Crippen MR) is 81.2 cm³/mol. The van der Waals surface area contributed by atoms with Crippen molar-refractivity contribution >= 4 is 18.3 Å². The number of hydrogen-bond acceptors (Lipinski definition) is 2. The van der Waals surface area contributed by atoms with Crippen molar-refractivity contribution in [1.29, 1.82) is 0 Å². The molecule has 0 aromatic heterocycles. The second kappa shape index (κ2) is 7.97. The Kier molecular flexibility index (Phi) is 6.83. The molecule has 23 heavy (non-hydrogen) atoms. The molecule has 1 aromatic carbocycles. The van der Waals surface area contributed by atoms with E-state index in [1.54, 1.807) is 4.90 Å². The van der Waals surface area contributed by atoms with Crippen LogP contribution in [-0.4, -0.2) is 37.5 Å². The number of amides is 1. The van der Waals surface area contributed by atoms with Crippen LogP contribution in [0.25, 0.3) is 0 Å². The fraction of sp³-hybridized carbons (Fsp3) is 0.533. The van der Waals surface area contributed by atoms with E-state index in [9.17, 15) is 22.4 Å². The molecule has 0 bridgehead atoms. The van der Waals surface area contributed by atoms with E-state index in [2.05, 4.69) is 5.32 Å². The lowest BCUT2D eigenvalue weighted by Crippen LogP contribution is -2.42. The van der Waals surface area contributed by atoms with Crippen LogP contribution < -0.4 is 5.32 Å². The number of piperidine rings is 1. The van der Waals surface area contributed by atoms with Gasteiger partial charge in [-0.25, -0.2) is 4.39 Å². The zero-order valence-corrected chi connectivity index (χ0v) is 13.4. The highest BCUT2D eigenvalue weighted by Gasteiger charge is 2.35. The number of likely N-dealkylation sites (tertiary alicyclic amines) is 1. The average molecular weight is 355 g/mol. The molecule has 8 heteroatoms. The molecule has 1 saturated heterocycles. The molecule has 1 fully saturated rings. The van der Waals surface area contributed by atoms with Crippen molar-refractivity contribution in [1.82, 2.24) is 10.2 Å². The molecule has 1 aliphatic heterocycles. The Morgan fingerprint density at radius 3 is 2.70 bits per heavy atom. The van der Waals surface area contributed by atoms with Crippen LogP contribution in [0, 0.1) is 11.7 Å². The Hall–Kier alpha value is -1.34. The number of carbonyl (C=O) groups excluding carboxylic acids is 1. The first-order chi connectivity index (χ1) is 10.3. The van der Waals surface area contributed by atoms with Gasteiger partial charge in [0.1, 0.15) is 5.82 Å². The zero-order chi connectivity index (χ0) is 16.3. The standard InChI is InChI=1S/C15H18F4N2O.ClH/c1-20-8-10-3-2-6-21(9-10)14(22)11-4-5-13(16)12(7-11)15(17,18)19;/h4-5,7,10,20H,2-3,6,8-9H2,1H3;1H. The lowest BCUT2D eigenvalue weighted by Gasteiger charge is -2.33. The third-order valence-electron chi connectivity index (χ3n) is 3.82. The summed E-state index contributed by atoms with van der Waals surface area (Å²) in [5, 5.41) is 3.04. The quantitative estimate of drug-likeness (QED) is 0.844. The zero-order valence-electron chi connectivity index (χ0n) is 12.6. The highest BCUT2D eigenvalue weighted by atomic mass is 35.5. The number of benzene rings is 1. The Balaban J connectivity index is 0.00000264. The number of carbonyl (C=O) groups is 1. The van der Waals surface area contributed by atoms with Crippen LogP contribution >= 0.6 is 12.4 Å². The minimum atomic E-state index is -4.81. The monoisotopic (exact) mass is 354 g/mol. The van der Waals surface area contributed by atoms with Gasteiger partial charge in [0.05, 0.1) is 5.56 Å². The van der Waals surface area contributed by atoms with E-state index < -0.39 is 23.5 Å². The number of hydrogen-bond donors (Lipinski definition) is 1. The number of halogens is 5. The Morgan fingerprint density at radius 1 is 1.39 bits per heavy atom. The van der Waals surface area contributed by atoms with Crippen LogP contribution in [0.1, 0.15) is 28.8 Å². The van der Waals surface area contributed by atoms with Gasteiger partial charge in [-0.1, -0.05) is 0 Å². The SMILES string of the molecule is CNCC1CCCN(C(=O)c2ccc(F)c(C(F)(F)F)c2)C1.Cl. The summed E-state index contributed by atoms with van der Waals surface area (Å²) in [7, 11) is 1.82. The van der Waals surface area contributed by atoms with Gasteiger partial charge in [0, 0.05) is 18.7 Å². The number of nitrogens with zero attached hydrogens (tertiary/aromatic N) is 1. The molecular weight excluding hydrogens is 336 g/mol. The molecule has 0 radical (unpaired) electrons. The number of alkyl halides is 3. The van der Waals surface area contributed by atoms with E-state index in [-0.39, 0.29) is 23.9 Å². The molecule has 130 valence electrons. The van der Waals surface area contributed by atoms with Crippen LogP contribution in [0.4, 0.5) is 17.6 Å². The van der Waals surface area contributed by atoms with Gasteiger partial charge in [-0.15, -0.1) is 12.4 Å². The number of rotatable bonds is 3. The van der Waals surface area contributed by atoms with Crippen molar-refractivity contribution in [3.8, 4) is 0 Å². The van der Waals surface area contributed by atoms with Crippen LogP contribution in [-0.2, 0) is 6.18 Å². The maximum absolute atomic E-state index is 13.3. The molecule has 1 atom stereocenters. The largest absolute Gasteiger partial charge is 0.419 e. The van der Waals surface area contributed by atoms with Crippen LogP contribution in [0.15, 0.2) is 18.2 Å². The lowest BCUT2D eigenvalue weighted by atomic mass is 9.97. The van der Waals surface area contributed by atoms with Gasteiger partial charge in [-0.2, -0.15) is 13.2 Å². The fourth-order valence-corrected chi connectivity index (χ4v) is 2.76. The van der Waals surface area contributed by atoms with E-state index in [4.69, 9.17) is 0 Å². The normalized spacial score (nSPS) is 18.5. The molecule has 0 spiro atoms. The lowest BCUT2D eigenvalue weighted by molar-refractivity contribution is -0.140. The molecule has 1 N–H and O–H groups in total. The minimum Gasteiger partial charge on any atom is -0.338 e. The van der Waals surface area contributed by atoms with E-state index in [0.717, 1.165) is 25.5 Å². The molecule has 1 heterocycles. The summed E-state index contributed by atoms with van der Waals surface area (Å²) in [5.41, 5.74) is -1.53. The highest BCUT2D eigenvalue weighted by Crippen LogP contribution is 2.32. The summed E-state index contributed by atoms with van der Waals surface area (Å²) in [6, 6.07) is 2.40. The molecule has 0 saturated carbocycles. The minimum absolute atomic E-state index is 0. The Morgan fingerprint density at radius 2 is 2.09 bits per heavy atom. The van der Waals surface area contributed by atoms with Crippen LogP contribution in [0.5, 0.6) is 0 Å². The molecule has 0 aliphatic carbocycles. The van der Waals surface area contributed by atoms with Gasteiger partial charge < -0.3 is 10.2 Å². The molecule has 1 aliphatic rings. The van der Waals surface area contributed by atoms with Crippen molar-refractivity contribution in [3.63, 3.8) is 0 Å². The van der Waals surface area contributed by atoms with Gasteiger partial charge in [0.25, 0.3) is 5.91 Å². The molecule has 1 amide bonds. The van der Waals surface area contributed by atoms with Crippen LogP contribution in [0.2, 0.25) is 0 Å². The van der Waals surface area contributed by atoms with Gasteiger partial charge in [0.2, 0.25) is 0 Å². The summed E-state index contributed by atoms with van der Waals surface area (Å²) in [6.07, 6.45) is -3.02. The summed E-state index contributed by atoms with van der Waals surface area (Å²) in [6.45, 7) is 1.76. The van der Waals surface area contributed by atoms with Gasteiger partial charge in [-0.05, 0) is 50.6 Å². The first-order valence-electron chi connectivity index (χ1n) is 7.13. The molecule has 3 nitrogen and oxygen atoms in total. The predicted octanol–water partition coefficient (Wildman–Crippen LogP) is 3.34. The summed E-state index contributed by atoms with van der Waals surface area (Å²) in [5.74, 6) is -1.56. The molecule has 1 aromatic rings. The van der Waals surface area contributed by atoms with Crippen molar-refractivity contribution < 1.29 is 22.4 Å². The second-order valence-corrected chi connectivity index (χ2v) is 5.51. The van der Waals surface area contributed by atoms with E-state index in [1.807, 2.05) is 7.05 Å². The maximum Gasteiger partial charge on any atom is 0.419 e. The summed E-state index contributed by atoms with van der Waals surface area (Å²) >= 11 is 0. The average Bonchev–Trinajstić information content (AvgIpc) is 2.46. The van der Waals surface area contributed by atoms with Gasteiger partial charge in [0.15, 0.2) is 0 Å². The molecule has 2 rings (SSSR count). The highest BCUT2D eigenvalue weighted by molar-refractivity contribution is 5.94. The molecular formula is C15H19ClF4N2O. The smallest absolute Gasteiger partial charge is 0.338 e. The first kappa shape index (κ1) is 19.7. The van der Waals surface area contributed by atoms with E-state index >= 15 is 0 Å². The van der Waals surface area contributed by atoms with Crippen molar-refractivity contribution in [2.24, 2.45) is 5.92 Å².